The highest BCUT2D eigenvalue weighted by Gasteiger charge is 2.41. The maximum atomic E-state index is 11.1. The van der Waals surface area contributed by atoms with Crippen molar-refractivity contribution in [3.05, 3.63) is 47.5 Å². The van der Waals surface area contributed by atoms with Crippen molar-refractivity contribution in [1.29, 1.82) is 0 Å². The van der Waals surface area contributed by atoms with Crippen LogP contribution in [-0.2, 0) is 6.42 Å². The van der Waals surface area contributed by atoms with Crippen LogP contribution in [0.4, 0.5) is 0 Å². The molecule has 1 aromatic carbocycles. The first-order chi connectivity index (χ1) is 9.90. The summed E-state index contributed by atoms with van der Waals surface area (Å²) in [6.45, 7) is 6.75. The Bertz CT molecular complexity index is 555. The van der Waals surface area contributed by atoms with Crippen LogP contribution in [0.5, 0.6) is 0 Å². The van der Waals surface area contributed by atoms with Gasteiger partial charge in [0.25, 0.3) is 0 Å². The molecule has 3 nitrogen and oxygen atoms in total. The molecule has 2 rings (SSSR count). The summed E-state index contributed by atoms with van der Waals surface area (Å²) < 4.78 is 0. The number of amides is 1. The number of aliphatic imine (C=N–C) groups is 1. The molecule has 0 saturated carbocycles. The highest BCUT2D eigenvalue weighted by Crippen LogP contribution is 2.43. The largest absolute Gasteiger partial charge is 0.366 e. The van der Waals surface area contributed by atoms with Crippen molar-refractivity contribution < 1.29 is 4.79 Å². The third kappa shape index (κ3) is 3.07. The highest BCUT2D eigenvalue weighted by molar-refractivity contribution is 5.92. The Morgan fingerprint density at radius 1 is 1.29 bits per heavy atom. The Morgan fingerprint density at radius 3 is 2.43 bits per heavy atom. The first kappa shape index (κ1) is 15.5. The van der Waals surface area contributed by atoms with Gasteiger partial charge in [-0.3, -0.25) is 9.79 Å². The third-order valence-electron chi connectivity index (χ3n) is 4.75. The lowest BCUT2D eigenvalue weighted by molar-refractivity contribution is 0.100. The molecule has 0 spiro atoms. The summed E-state index contributed by atoms with van der Waals surface area (Å²) in [6.07, 6.45) is 9.20. The van der Waals surface area contributed by atoms with E-state index in [2.05, 4.69) is 26.8 Å². The van der Waals surface area contributed by atoms with Gasteiger partial charge in [-0.25, -0.2) is 0 Å². The molecule has 1 aromatic rings. The van der Waals surface area contributed by atoms with Gasteiger partial charge in [-0.1, -0.05) is 39.0 Å². The van der Waals surface area contributed by atoms with Gasteiger partial charge >= 0.3 is 0 Å². The van der Waals surface area contributed by atoms with Gasteiger partial charge in [-0.15, -0.1) is 0 Å². The number of benzene rings is 1. The Balaban J connectivity index is 2.06. The summed E-state index contributed by atoms with van der Waals surface area (Å²) >= 11 is 0. The van der Waals surface area contributed by atoms with Crippen molar-refractivity contribution in [2.24, 2.45) is 16.1 Å². The number of rotatable bonds is 6. The van der Waals surface area contributed by atoms with Crippen molar-refractivity contribution in [3.8, 4) is 0 Å². The minimum Gasteiger partial charge on any atom is -0.366 e. The van der Waals surface area contributed by atoms with E-state index >= 15 is 0 Å². The topological polar surface area (TPSA) is 55.5 Å². The first-order valence-corrected chi connectivity index (χ1v) is 7.52. The normalized spacial score (nSPS) is 20.9. The molecular formula is C18H24N2O. The van der Waals surface area contributed by atoms with Crippen molar-refractivity contribution >= 4 is 12.1 Å². The van der Waals surface area contributed by atoms with Crippen LogP contribution in [0.25, 0.3) is 0 Å². The predicted octanol–water partition coefficient (Wildman–Crippen LogP) is 3.53. The van der Waals surface area contributed by atoms with Crippen molar-refractivity contribution in [2.75, 3.05) is 0 Å². The van der Waals surface area contributed by atoms with E-state index in [0.29, 0.717) is 5.56 Å². The second-order valence-corrected chi connectivity index (χ2v) is 6.36. The Morgan fingerprint density at radius 2 is 1.95 bits per heavy atom. The Kier molecular flexibility index (Phi) is 4.31. The zero-order chi connectivity index (χ0) is 15.5. The standard InChI is InChI=1S/C18H24N2O/c1-4-18(11-5-13-20-18)17(2,3)12-10-14-6-8-15(9-7-14)16(19)21/h5-9,11,13H,4,10,12H2,1-3H3,(H2,19,21). The van der Waals surface area contributed by atoms with Gasteiger partial charge in [0.1, 0.15) is 0 Å². The van der Waals surface area contributed by atoms with Gasteiger partial charge in [0, 0.05) is 11.8 Å². The smallest absolute Gasteiger partial charge is 0.248 e. The van der Waals surface area contributed by atoms with Gasteiger partial charge in [-0.05, 0) is 48.4 Å². The monoisotopic (exact) mass is 284 g/mol. The summed E-state index contributed by atoms with van der Waals surface area (Å²) in [5.74, 6) is -0.378. The second kappa shape index (κ2) is 5.84. The van der Waals surface area contributed by atoms with Crippen LogP contribution < -0.4 is 5.73 Å². The number of carbonyl (C=O) groups excluding carboxylic acids is 1. The number of nitrogens with two attached hydrogens (primary N) is 1. The number of aryl methyl sites for hydroxylation is 1. The van der Waals surface area contributed by atoms with Gasteiger partial charge in [0.05, 0.1) is 5.54 Å². The van der Waals surface area contributed by atoms with Crippen LogP contribution in [0.2, 0.25) is 0 Å². The zero-order valence-corrected chi connectivity index (χ0v) is 13.1. The Labute approximate surface area is 127 Å². The van der Waals surface area contributed by atoms with E-state index < -0.39 is 0 Å². The zero-order valence-electron chi connectivity index (χ0n) is 13.1. The fourth-order valence-electron chi connectivity index (χ4n) is 3.02. The molecule has 0 aromatic heterocycles. The minimum atomic E-state index is -0.378. The Hall–Kier alpha value is -1.90. The van der Waals surface area contributed by atoms with E-state index in [0.717, 1.165) is 19.3 Å². The van der Waals surface area contributed by atoms with E-state index in [1.165, 1.54) is 5.56 Å². The maximum absolute atomic E-state index is 11.1. The maximum Gasteiger partial charge on any atom is 0.248 e. The van der Waals surface area contributed by atoms with Crippen molar-refractivity contribution in [2.45, 2.75) is 45.6 Å². The SMILES string of the molecule is CCC1(C(C)(C)CCc2ccc(C(N)=O)cc2)C=CC=N1. The number of allylic oxidation sites excluding steroid dienone is 1. The molecule has 1 unspecified atom stereocenters. The molecule has 3 heteroatoms. The number of primary amides is 1. The second-order valence-electron chi connectivity index (χ2n) is 6.36. The van der Waals surface area contributed by atoms with E-state index in [-0.39, 0.29) is 16.9 Å². The summed E-state index contributed by atoms with van der Waals surface area (Å²) in [7, 11) is 0. The lowest BCUT2D eigenvalue weighted by Gasteiger charge is -2.40. The van der Waals surface area contributed by atoms with Crippen LogP contribution in [0, 0.1) is 5.41 Å². The number of hydrogen-bond donors (Lipinski definition) is 1. The first-order valence-electron chi connectivity index (χ1n) is 7.52. The van der Waals surface area contributed by atoms with Gasteiger partial charge in [0.15, 0.2) is 0 Å². The molecule has 0 radical (unpaired) electrons. The minimum absolute atomic E-state index is 0.0832. The molecule has 1 amide bonds. The molecule has 1 aliphatic rings. The van der Waals surface area contributed by atoms with Crippen molar-refractivity contribution in [1.82, 2.24) is 0 Å². The van der Waals surface area contributed by atoms with E-state index in [4.69, 9.17) is 10.7 Å². The summed E-state index contributed by atoms with van der Waals surface area (Å²) in [5.41, 5.74) is 7.06. The van der Waals surface area contributed by atoms with E-state index in [1.807, 2.05) is 24.4 Å². The van der Waals surface area contributed by atoms with E-state index in [9.17, 15) is 4.79 Å². The number of hydrogen-bond acceptors (Lipinski definition) is 2. The van der Waals surface area contributed by atoms with Crippen LogP contribution >= 0.6 is 0 Å². The average Bonchev–Trinajstić information content (AvgIpc) is 2.96. The van der Waals surface area contributed by atoms with Crippen LogP contribution in [0.15, 0.2) is 41.4 Å². The lowest BCUT2D eigenvalue weighted by atomic mass is 9.68. The summed E-state index contributed by atoms with van der Waals surface area (Å²) in [5, 5.41) is 0. The molecule has 1 atom stereocenters. The van der Waals surface area contributed by atoms with Gasteiger partial charge in [-0.2, -0.15) is 0 Å². The molecule has 1 heterocycles. The molecule has 21 heavy (non-hydrogen) atoms. The number of nitrogens with zero attached hydrogens (tertiary/aromatic N) is 1. The summed E-state index contributed by atoms with van der Waals surface area (Å²) in [6, 6.07) is 7.58. The molecule has 0 aliphatic carbocycles. The van der Waals surface area contributed by atoms with Crippen LogP contribution in [-0.4, -0.2) is 17.7 Å². The molecule has 0 fully saturated rings. The van der Waals surface area contributed by atoms with Gasteiger partial charge < -0.3 is 5.73 Å². The van der Waals surface area contributed by atoms with Crippen molar-refractivity contribution in [3.63, 3.8) is 0 Å². The number of carbonyl (C=O) groups is 1. The van der Waals surface area contributed by atoms with Gasteiger partial charge in [0.2, 0.25) is 5.91 Å². The van der Waals surface area contributed by atoms with Crippen LogP contribution in [0.1, 0.15) is 49.5 Å². The van der Waals surface area contributed by atoms with Crippen LogP contribution in [0.3, 0.4) is 0 Å². The molecule has 2 N–H and O–H groups in total. The lowest BCUT2D eigenvalue weighted by Crippen LogP contribution is -2.40. The predicted molar refractivity (Wildman–Crippen MR) is 87.7 cm³/mol. The molecule has 1 aliphatic heterocycles. The fraction of sp³-hybridized carbons (Fsp3) is 0.444. The summed E-state index contributed by atoms with van der Waals surface area (Å²) in [4.78, 5) is 15.8. The molecule has 0 saturated heterocycles. The fourth-order valence-corrected chi connectivity index (χ4v) is 3.02. The third-order valence-corrected chi connectivity index (χ3v) is 4.75. The molecule has 0 bridgehead atoms. The average molecular weight is 284 g/mol. The highest BCUT2D eigenvalue weighted by atomic mass is 16.1. The quantitative estimate of drug-likeness (QED) is 0.853. The van der Waals surface area contributed by atoms with E-state index in [1.54, 1.807) is 12.1 Å². The molecular weight excluding hydrogens is 260 g/mol. The molecule has 112 valence electrons.